The molecule has 3 rings (SSSR count). The molecule has 0 aromatic heterocycles. The Balaban J connectivity index is 1.56. The van der Waals surface area contributed by atoms with Crippen LogP contribution in [0.15, 0.2) is 35.5 Å². The van der Waals surface area contributed by atoms with Gasteiger partial charge < -0.3 is 15.5 Å². The monoisotopic (exact) mass is 499 g/mol. The molecule has 1 amide bonds. The molecule has 0 aromatic rings. The van der Waals surface area contributed by atoms with Crippen molar-refractivity contribution in [2.45, 2.75) is 123 Å². The lowest BCUT2D eigenvalue weighted by molar-refractivity contribution is -0.139. The van der Waals surface area contributed by atoms with Crippen molar-refractivity contribution in [1.82, 2.24) is 5.32 Å². The van der Waals surface area contributed by atoms with E-state index in [9.17, 15) is 14.7 Å². The minimum absolute atomic E-state index is 0.0399. The van der Waals surface area contributed by atoms with Crippen LogP contribution in [-0.4, -0.2) is 33.7 Å². The number of carbonyl (C=O) groups excluding carboxylic acids is 1. The lowest BCUT2D eigenvalue weighted by Crippen LogP contribution is -2.43. The number of allylic oxidation sites excluding steroid dienone is 4. The molecular formula is C31H49NO4. The van der Waals surface area contributed by atoms with E-state index >= 15 is 0 Å². The zero-order chi connectivity index (χ0) is 26.5. The second-order valence-corrected chi connectivity index (χ2v) is 12.7. The molecule has 3 aliphatic rings. The highest BCUT2D eigenvalue weighted by Crippen LogP contribution is 2.60. The number of hydrogen-bond donors (Lipinski definition) is 3. The number of fused-ring (bicyclic) bond motifs is 1. The van der Waals surface area contributed by atoms with Crippen molar-refractivity contribution in [2.75, 3.05) is 0 Å². The number of aliphatic carboxylic acids is 1. The first-order chi connectivity index (χ1) is 16.9. The topological polar surface area (TPSA) is 86.6 Å². The van der Waals surface area contributed by atoms with Crippen LogP contribution in [0.3, 0.4) is 0 Å². The van der Waals surface area contributed by atoms with Crippen molar-refractivity contribution in [3.8, 4) is 0 Å². The van der Waals surface area contributed by atoms with Crippen LogP contribution in [0.2, 0.25) is 0 Å². The van der Waals surface area contributed by atoms with E-state index in [-0.39, 0.29) is 30.4 Å². The molecule has 0 spiro atoms. The van der Waals surface area contributed by atoms with Gasteiger partial charge in [0.15, 0.2) is 0 Å². The highest BCUT2D eigenvalue weighted by Gasteiger charge is 2.50. The van der Waals surface area contributed by atoms with Crippen molar-refractivity contribution in [2.24, 2.45) is 23.2 Å². The normalized spacial score (nSPS) is 31.9. The Labute approximate surface area is 218 Å². The van der Waals surface area contributed by atoms with Crippen LogP contribution in [-0.2, 0) is 9.59 Å². The molecule has 0 aromatic carbocycles. The average Bonchev–Trinajstić information content (AvgIpc) is 3.15. The molecule has 3 fully saturated rings. The Kier molecular flexibility index (Phi) is 9.65. The second kappa shape index (κ2) is 12.1. The van der Waals surface area contributed by atoms with Gasteiger partial charge in [-0.15, -0.1) is 0 Å². The summed E-state index contributed by atoms with van der Waals surface area (Å²) in [6.07, 6.45) is 16.2. The molecule has 3 aliphatic carbocycles. The van der Waals surface area contributed by atoms with E-state index in [0.717, 1.165) is 44.4 Å². The zero-order valence-electron chi connectivity index (χ0n) is 23.1. The first kappa shape index (κ1) is 28.7. The summed E-state index contributed by atoms with van der Waals surface area (Å²) in [5.41, 5.74) is 4.06. The van der Waals surface area contributed by atoms with Crippen LogP contribution in [0.5, 0.6) is 0 Å². The Hall–Kier alpha value is -1.88. The summed E-state index contributed by atoms with van der Waals surface area (Å²) in [6, 6.07) is 0. The summed E-state index contributed by atoms with van der Waals surface area (Å²) >= 11 is 0. The van der Waals surface area contributed by atoms with Gasteiger partial charge in [-0.1, -0.05) is 56.6 Å². The first-order valence-electron chi connectivity index (χ1n) is 14.2. The van der Waals surface area contributed by atoms with Crippen LogP contribution in [0, 0.1) is 23.2 Å². The molecule has 5 atom stereocenters. The van der Waals surface area contributed by atoms with Gasteiger partial charge in [-0.2, -0.15) is 0 Å². The molecule has 0 aliphatic heterocycles. The van der Waals surface area contributed by atoms with E-state index in [4.69, 9.17) is 5.11 Å². The van der Waals surface area contributed by atoms with Crippen molar-refractivity contribution in [3.05, 3.63) is 35.5 Å². The van der Waals surface area contributed by atoms with Gasteiger partial charge in [0, 0.05) is 12.0 Å². The van der Waals surface area contributed by atoms with E-state index < -0.39 is 5.97 Å². The van der Waals surface area contributed by atoms with Crippen LogP contribution < -0.4 is 5.32 Å². The maximum atomic E-state index is 12.1. The standard InChI is InChI=1S/C31H49NO4/c1-21-10-13-25(33)20-24(21)12-11-23-9-7-19-31(5)26(14-15-27(23)31)22(2)8-6-18-30(3,4)32-28(34)16-17-29(35)36/h11-12,22,25-27,33H,1,6-10,13-20H2,2-5H3,(H,32,34)(H,35,36)/b23-11+,24-12-/t22-,25+,26-,27+,31-/m1/s1. The van der Waals surface area contributed by atoms with E-state index in [0.29, 0.717) is 17.3 Å². The van der Waals surface area contributed by atoms with Crippen molar-refractivity contribution in [1.29, 1.82) is 0 Å². The average molecular weight is 500 g/mol. The number of carbonyl (C=O) groups is 2. The Morgan fingerprint density at radius 2 is 1.94 bits per heavy atom. The predicted molar refractivity (Wildman–Crippen MR) is 145 cm³/mol. The third kappa shape index (κ3) is 7.34. The fourth-order valence-corrected chi connectivity index (χ4v) is 7.40. The number of amides is 1. The maximum Gasteiger partial charge on any atom is 0.303 e. The molecule has 202 valence electrons. The molecular weight excluding hydrogens is 450 g/mol. The number of carboxylic acids is 1. The summed E-state index contributed by atoms with van der Waals surface area (Å²) in [6.45, 7) is 13.3. The van der Waals surface area contributed by atoms with Gasteiger partial charge in [0.2, 0.25) is 5.91 Å². The van der Waals surface area contributed by atoms with Gasteiger partial charge in [-0.05, 0) is 100 Å². The van der Waals surface area contributed by atoms with Gasteiger partial charge in [0.1, 0.15) is 0 Å². The number of rotatable bonds is 10. The lowest BCUT2D eigenvalue weighted by atomic mass is 9.60. The highest BCUT2D eigenvalue weighted by molar-refractivity contribution is 5.81. The molecule has 0 saturated heterocycles. The van der Waals surface area contributed by atoms with Crippen molar-refractivity contribution >= 4 is 11.9 Å². The number of carboxylic acid groups (broad SMARTS) is 1. The largest absolute Gasteiger partial charge is 0.481 e. The molecule has 5 heteroatoms. The molecule has 3 N–H and O–H groups in total. The molecule has 0 heterocycles. The smallest absolute Gasteiger partial charge is 0.303 e. The first-order valence-corrected chi connectivity index (χ1v) is 14.2. The summed E-state index contributed by atoms with van der Waals surface area (Å²) in [4.78, 5) is 22.8. The van der Waals surface area contributed by atoms with Gasteiger partial charge in [0.25, 0.3) is 0 Å². The third-order valence-corrected chi connectivity index (χ3v) is 9.42. The van der Waals surface area contributed by atoms with Crippen molar-refractivity contribution in [3.63, 3.8) is 0 Å². The highest BCUT2D eigenvalue weighted by atomic mass is 16.4. The zero-order valence-corrected chi connectivity index (χ0v) is 23.1. The summed E-state index contributed by atoms with van der Waals surface area (Å²) in [5.74, 6) is 0.908. The number of aliphatic hydroxyl groups is 1. The fourth-order valence-electron chi connectivity index (χ4n) is 7.40. The molecule has 0 unspecified atom stereocenters. The van der Waals surface area contributed by atoms with Gasteiger partial charge in [0.05, 0.1) is 12.5 Å². The van der Waals surface area contributed by atoms with E-state index in [1.54, 1.807) is 5.57 Å². The molecule has 36 heavy (non-hydrogen) atoms. The second-order valence-electron chi connectivity index (χ2n) is 12.7. The number of aliphatic hydroxyl groups excluding tert-OH is 1. The van der Waals surface area contributed by atoms with Gasteiger partial charge in [-0.25, -0.2) is 0 Å². The molecule has 3 saturated carbocycles. The van der Waals surface area contributed by atoms with Crippen LogP contribution in [0.4, 0.5) is 0 Å². The van der Waals surface area contributed by atoms with Gasteiger partial charge in [-0.3, -0.25) is 9.59 Å². The van der Waals surface area contributed by atoms with Gasteiger partial charge >= 0.3 is 5.97 Å². The molecule has 0 bridgehead atoms. The fraction of sp³-hybridized carbons (Fsp3) is 0.742. The van der Waals surface area contributed by atoms with E-state index in [2.05, 4.69) is 37.9 Å². The summed E-state index contributed by atoms with van der Waals surface area (Å²) in [7, 11) is 0. The maximum absolute atomic E-state index is 12.1. The van der Waals surface area contributed by atoms with Crippen molar-refractivity contribution < 1.29 is 19.8 Å². The third-order valence-electron chi connectivity index (χ3n) is 9.42. The lowest BCUT2D eigenvalue weighted by Gasteiger charge is -2.44. The number of nitrogens with one attached hydrogen (secondary N) is 1. The van der Waals surface area contributed by atoms with Crippen LogP contribution in [0.25, 0.3) is 0 Å². The van der Waals surface area contributed by atoms with Crippen LogP contribution in [0.1, 0.15) is 111 Å². The van der Waals surface area contributed by atoms with E-state index in [1.165, 1.54) is 43.3 Å². The Morgan fingerprint density at radius 3 is 2.67 bits per heavy atom. The summed E-state index contributed by atoms with van der Waals surface area (Å²) < 4.78 is 0. The minimum atomic E-state index is -0.934. The minimum Gasteiger partial charge on any atom is -0.481 e. The Bertz CT molecular complexity index is 885. The van der Waals surface area contributed by atoms with Crippen LogP contribution >= 0.6 is 0 Å². The number of hydrogen-bond acceptors (Lipinski definition) is 3. The SMILES string of the molecule is C=C1CC[C@H](O)C/C1=C/C=C1\CCC[C@]2(C)[C@@H]([C@H](C)CCCC(C)(C)NC(=O)CCC(=O)O)CC[C@@H]12. The van der Waals surface area contributed by atoms with E-state index in [1.807, 2.05) is 13.8 Å². The molecule has 5 nitrogen and oxygen atoms in total. The predicted octanol–water partition coefficient (Wildman–Crippen LogP) is 6.72. The summed E-state index contributed by atoms with van der Waals surface area (Å²) in [5, 5.41) is 21.9. The Morgan fingerprint density at radius 1 is 1.19 bits per heavy atom. The molecule has 0 radical (unpaired) electrons. The quantitative estimate of drug-likeness (QED) is 0.311.